The van der Waals surface area contributed by atoms with Crippen molar-refractivity contribution >= 4 is 11.7 Å². The lowest BCUT2D eigenvalue weighted by Gasteiger charge is -2.10. The molecule has 1 rings (SSSR count). The molecule has 1 aliphatic rings. The lowest BCUT2D eigenvalue weighted by atomic mass is 10.1. The summed E-state index contributed by atoms with van der Waals surface area (Å²) < 4.78 is 0. The second-order valence-electron chi connectivity index (χ2n) is 2.13. The maximum absolute atomic E-state index is 10.8. The monoisotopic (exact) mass is 137 g/mol. The van der Waals surface area contributed by atoms with Crippen LogP contribution in [0, 0.1) is 0 Å². The van der Waals surface area contributed by atoms with E-state index >= 15 is 0 Å². The summed E-state index contributed by atoms with van der Waals surface area (Å²) in [6, 6.07) is 0. The zero-order valence-electron chi connectivity index (χ0n) is 5.60. The number of hydrogen-bond acceptors (Lipinski definition) is 3. The summed E-state index contributed by atoms with van der Waals surface area (Å²) in [6.45, 7) is 2.09. The van der Waals surface area contributed by atoms with Crippen LogP contribution in [-0.2, 0) is 9.59 Å². The Morgan fingerprint density at radius 1 is 1.70 bits per heavy atom. The highest BCUT2D eigenvalue weighted by Gasteiger charge is 2.12. The van der Waals surface area contributed by atoms with Crippen LogP contribution in [0.3, 0.4) is 0 Å². The largest absolute Gasteiger partial charge is 0.383 e. The first-order valence-corrected chi connectivity index (χ1v) is 2.94. The van der Waals surface area contributed by atoms with E-state index in [1.165, 1.54) is 6.08 Å². The fourth-order valence-electron chi connectivity index (χ4n) is 0.736. The van der Waals surface area contributed by atoms with Crippen LogP contribution in [0.25, 0.3) is 0 Å². The van der Waals surface area contributed by atoms with Crippen LogP contribution in [0.5, 0.6) is 0 Å². The molecule has 0 atom stereocenters. The van der Waals surface area contributed by atoms with Crippen molar-refractivity contribution in [3.8, 4) is 0 Å². The summed E-state index contributed by atoms with van der Waals surface area (Å²) in [4.78, 5) is 20.8. The molecule has 0 amide bonds. The van der Waals surface area contributed by atoms with Gasteiger partial charge in [-0.15, -0.1) is 0 Å². The Bertz CT molecular complexity index is 246. The molecule has 0 fully saturated rings. The first-order valence-electron chi connectivity index (χ1n) is 2.94. The van der Waals surface area contributed by atoms with E-state index in [9.17, 15) is 9.59 Å². The van der Waals surface area contributed by atoms with Gasteiger partial charge in [-0.2, -0.15) is 0 Å². The Labute approximate surface area is 58.4 Å². The molecular weight excluding hydrogens is 130 g/mol. The number of ketones is 1. The van der Waals surface area contributed by atoms with E-state index in [0.717, 1.165) is 5.70 Å². The van der Waals surface area contributed by atoms with Crippen molar-refractivity contribution in [1.82, 2.24) is 5.32 Å². The highest BCUT2D eigenvalue weighted by molar-refractivity contribution is 6.10. The van der Waals surface area contributed by atoms with E-state index in [1.807, 2.05) is 0 Å². The van der Waals surface area contributed by atoms with Gasteiger partial charge in [0, 0.05) is 11.8 Å². The van der Waals surface area contributed by atoms with Crippen LogP contribution >= 0.6 is 0 Å². The minimum atomic E-state index is -0.230. The van der Waals surface area contributed by atoms with Gasteiger partial charge in [0.25, 0.3) is 0 Å². The molecule has 0 unspecified atom stereocenters. The van der Waals surface area contributed by atoms with Crippen molar-refractivity contribution in [3.63, 3.8) is 0 Å². The summed E-state index contributed by atoms with van der Waals surface area (Å²) in [5, 5.41) is 2.85. The Kier molecular flexibility index (Phi) is 1.69. The van der Waals surface area contributed by atoms with E-state index in [2.05, 4.69) is 5.32 Å². The predicted molar refractivity (Wildman–Crippen MR) is 36.0 cm³/mol. The van der Waals surface area contributed by atoms with Gasteiger partial charge in [-0.3, -0.25) is 4.79 Å². The van der Waals surface area contributed by atoms with Gasteiger partial charge in [-0.1, -0.05) is 0 Å². The van der Waals surface area contributed by atoms with Crippen LogP contribution in [0.4, 0.5) is 0 Å². The van der Waals surface area contributed by atoms with Crippen LogP contribution in [0.2, 0.25) is 0 Å². The molecule has 1 heterocycles. The van der Waals surface area contributed by atoms with E-state index < -0.39 is 0 Å². The first-order chi connectivity index (χ1) is 4.74. The summed E-state index contributed by atoms with van der Waals surface area (Å²) in [7, 11) is 0. The van der Waals surface area contributed by atoms with Crippen molar-refractivity contribution in [2.75, 3.05) is 6.54 Å². The maximum Gasteiger partial charge on any atom is 0.196 e. The normalized spacial score (nSPS) is 17.5. The lowest BCUT2D eigenvalue weighted by Crippen LogP contribution is -2.25. The molecule has 0 spiro atoms. The topological polar surface area (TPSA) is 46.2 Å². The standard InChI is InChI=1S/C7H7NO2/c1-5-2-7(10)6(4-9)3-8-5/h2,8H,3H2,1H3. The lowest BCUT2D eigenvalue weighted by molar-refractivity contribution is -0.111. The Morgan fingerprint density at radius 2 is 2.40 bits per heavy atom. The zero-order chi connectivity index (χ0) is 7.56. The average Bonchev–Trinajstić information content (AvgIpc) is 1.88. The number of allylic oxidation sites excluding steroid dienone is 2. The molecule has 0 aromatic heterocycles. The fourth-order valence-corrected chi connectivity index (χ4v) is 0.736. The van der Waals surface area contributed by atoms with Crippen LogP contribution in [0.1, 0.15) is 6.92 Å². The predicted octanol–water partition coefficient (Wildman–Crippen LogP) is -0.179. The minimum absolute atomic E-state index is 0.172. The number of nitrogens with one attached hydrogen (secondary N) is 1. The maximum atomic E-state index is 10.8. The van der Waals surface area contributed by atoms with Gasteiger partial charge in [0.2, 0.25) is 0 Å². The van der Waals surface area contributed by atoms with Crippen molar-refractivity contribution < 1.29 is 9.59 Å². The molecule has 0 aromatic rings. The number of carbonyl (C=O) groups is 1. The second kappa shape index (κ2) is 2.50. The van der Waals surface area contributed by atoms with Gasteiger partial charge < -0.3 is 5.32 Å². The van der Waals surface area contributed by atoms with E-state index in [0.29, 0.717) is 6.54 Å². The third-order valence-electron chi connectivity index (χ3n) is 1.31. The quantitative estimate of drug-likeness (QED) is 0.372. The molecule has 0 saturated heterocycles. The molecule has 0 aromatic carbocycles. The van der Waals surface area contributed by atoms with Crippen molar-refractivity contribution in [2.45, 2.75) is 6.92 Å². The van der Waals surface area contributed by atoms with Gasteiger partial charge in [0.1, 0.15) is 11.5 Å². The van der Waals surface area contributed by atoms with Crippen molar-refractivity contribution in [2.24, 2.45) is 0 Å². The van der Waals surface area contributed by atoms with Gasteiger partial charge in [0.15, 0.2) is 5.78 Å². The minimum Gasteiger partial charge on any atom is -0.383 e. The van der Waals surface area contributed by atoms with Gasteiger partial charge in [-0.05, 0) is 6.92 Å². The molecule has 0 bridgehead atoms. The third kappa shape index (κ3) is 1.14. The molecule has 3 heteroatoms. The van der Waals surface area contributed by atoms with Crippen molar-refractivity contribution in [1.29, 1.82) is 0 Å². The molecule has 1 N–H and O–H groups in total. The average molecular weight is 137 g/mol. The summed E-state index contributed by atoms with van der Waals surface area (Å²) in [5.74, 6) is 1.35. The fraction of sp³-hybridized carbons (Fsp3) is 0.286. The SMILES string of the molecule is CC1=CC(=O)C(=C=O)CN1. The Morgan fingerprint density at radius 3 is 2.90 bits per heavy atom. The number of hydrogen-bond donors (Lipinski definition) is 1. The highest BCUT2D eigenvalue weighted by atomic mass is 16.1. The summed E-state index contributed by atoms with van der Waals surface area (Å²) in [6.07, 6.45) is 1.39. The molecule has 3 nitrogen and oxygen atoms in total. The van der Waals surface area contributed by atoms with Crippen LogP contribution in [-0.4, -0.2) is 18.3 Å². The molecule has 0 radical (unpaired) electrons. The Hall–Kier alpha value is -1.34. The van der Waals surface area contributed by atoms with Gasteiger partial charge >= 0.3 is 0 Å². The molecule has 0 aliphatic carbocycles. The van der Waals surface area contributed by atoms with Crippen LogP contribution in [0.15, 0.2) is 17.3 Å². The number of carbonyl (C=O) groups excluding carboxylic acids is 2. The highest BCUT2D eigenvalue weighted by Crippen LogP contribution is 2.01. The molecular formula is C7H7NO2. The number of rotatable bonds is 0. The van der Waals surface area contributed by atoms with Gasteiger partial charge in [0.05, 0.1) is 6.54 Å². The molecule has 52 valence electrons. The zero-order valence-corrected chi connectivity index (χ0v) is 5.60. The van der Waals surface area contributed by atoms with Crippen molar-refractivity contribution in [3.05, 3.63) is 17.3 Å². The molecule has 0 saturated carbocycles. The van der Waals surface area contributed by atoms with E-state index in [4.69, 9.17) is 0 Å². The summed E-state index contributed by atoms with van der Waals surface area (Å²) >= 11 is 0. The molecule has 1 aliphatic heterocycles. The third-order valence-corrected chi connectivity index (χ3v) is 1.31. The van der Waals surface area contributed by atoms with Gasteiger partial charge in [-0.25, -0.2) is 4.79 Å². The second-order valence-corrected chi connectivity index (χ2v) is 2.13. The van der Waals surface area contributed by atoms with E-state index in [-0.39, 0.29) is 11.4 Å². The summed E-state index contributed by atoms with van der Waals surface area (Å²) in [5.41, 5.74) is 0.967. The van der Waals surface area contributed by atoms with Crippen LogP contribution < -0.4 is 5.32 Å². The smallest absolute Gasteiger partial charge is 0.196 e. The first kappa shape index (κ1) is 6.78. The molecule has 10 heavy (non-hydrogen) atoms. The van der Waals surface area contributed by atoms with E-state index in [1.54, 1.807) is 12.9 Å². The Balaban J connectivity index is 2.94.